The summed E-state index contributed by atoms with van der Waals surface area (Å²) in [6.07, 6.45) is -3.82. The molecule has 1 heterocycles. The summed E-state index contributed by atoms with van der Waals surface area (Å²) >= 11 is 6.03. The molecule has 0 bridgehead atoms. The van der Waals surface area contributed by atoms with Crippen LogP contribution >= 0.6 is 11.6 Å². The maximum absolute atomic E-state index is 12.8. The highest BCUT2D eigenvalue weighted by Crippen LogP contribution is 2.40. The van der Waals surface area contributed by atoms with Gasteiger partial charge in [0, 0.05) is 12.6 Å². The minimum absolute atomic E-state index is 0.0149. The standard InChI is InChI=1S/C17H11ClF3N3/c18-14-9-13(17(19,20)21)10-24-15(14)16(11-23,7-4-8-22)12-5-2-1-3-6-12/h1-3,5-6,9-10H,4,7H2/t16-/m0/s1. The largest absolute Gasteiger partial charge is 0.417 e. The number of pyridine rings is 1. The fourth-order valence-electron chi connectivity index (χ4n) is 2.45. The van der Waals surface area contributed by atoms with E-state index in [1.807, 2.05) is 6.07 Å². The Bertz CT molecular complexity index is 807. The Balaban J connectivity index is 2.65. The third kappa shape index (κ3) is 3.34. The van der Waals surface area contributed by atoms with Gasteiger partial charge < -0.3 is 0 Å². The topological polar surface area (TPSA) is 60.5 Å². The van der Waals surface area contributed by atoms with E-state index in [9.17, 15) is 18.4 Å². The van der Waals surface area contributed by atoms with Crippen molar-refractivity contribution in [3.63, 3.8) is 0 Å². The van der Waals surface area contributed by atoms with Crippen molar-refractivity contribution < 1.29 is 13.2 Å². The minimum atomic E-state index is -4.58. The van der Waals surface area contributed by atoms with Gasteiger partial charge in [-0.2, -0.15) is 23.7 Å². The van der Waals surface area contributed by atoms with E-state index in [1.54, 1.807) is 30.3 Å². The molecule has 122 valence electrons. The highest BCUT2D eigenvalue weighted by molar-refractivity contribution is 6.31. The van der Waals surface area contributed by atoms with Gasteiger partial charge >= 0.3 is 6.18 Å². The van der Waals surface area contributed by atoms with Crippen molar-refractivity contribution in [3.05, 3.63) is 64.4 Å². The van der Waals surface area contributed by atoms with Crippen LogP contribution in [-0.4, -0.2) is 4.98 Å². The predicted octanol–water partition coefficient (Wildman–Crippen LogP) is 4.87. The molecule has 0 aliphatic heterocycles. The van der Waals surface area contributed by atoms with Crippen LogP contribution in [0.3, 0.4) is 0 Å². The lowest BCUT2D eigenvalue weighted by molar-refractivity contribution is -0.137. The molecule has 1 atom stereocenters. The van der Waals surface area contributed by atoms with E-state index in [0.29, 0.717) is 11.8 Å². The zero-order valence-electron chi connectivity index (χ0n) is 12.3. The molecule has 0 aliphatic rings. The van der Waals surface area contributed by atoms with Crippen LogP contribution < -0.4 is 0 Å². The van der Waals surface area contributed by atoms with E-state index in [-0.39, 0.29) is 23.6 Å². The molecule has 0 fully saturated rings. The number of hydrogen-bond acceptors (Lipinski definition) is 3. The molecular weight excluding hydrogens is 339 g/mol. The third-order valence-corrected chi connectivity index (χ3v) is 3.93. The minimum Gasteiger partial charge on any atom is -0.257 e. The monoisotopic (exact) mass is 349 g/mol. The maximum atomic E-state index is 12.8. The zero-order chi connectivity index (χ0) is 17.8. The Morgan fingerprint density at radius 3 is 2.25 bits per heavy atom. The number of aromatic nitrogens is 1. The molecule has 24 heavy (non-hydrogen) atoms. The van der Waals surface area contributed by atoms with Crippen molar-refractivity contribution in [2.24, 2.45) is 0 Å². The quantitative estimate of drug-likeness (QED) is 0.791. The summed E-state index contributed by atoms with van der Waals surface area (Å²) in [7, 11) is 0. The summed E-state index contributed by atoms with van der Waals surface area (Å²) in [5, 5.41) is 18.4. The van der Waals surface area contributed by atoms with Crippen molar-refractivity contribution in [1.29, 1.82) is 10.5 Å². The molecule has 1 aromatic carbocycles. The highest BCUT2D eigenvalue weighted by atomic mass is 35.5. The molecule has 7 heteroatoms. The van der Waals surface area contributed by atoms with Gasteiger partial charge in [-0.3, -0.25) is 4.98 Å². The van der Waals surface area contributed by atoms with E-state index >= 15 is 0 Å². The fraction of sp³-hybridized carbons (Fsp3) is 0.235. The lowest BCUT2D eigenvalue weighted by Gasteiger charge is -2.27. The van der Waals surface area contributed by atoms with Gasteiger partial charge in [-0.25, -0.2) is 0 Å². The van der Waals surface area contributed by atoms with Gasteiger partial charge in [0.2, 0.25) is 0 Å². The van der Waals surface area contributed by atoms with Crippen LogP contribution in [0.25, 0.3) is 0 Å². The van der Waals surface area contributed by atoms with Crippen LogP contribution in [0.15, 0.2) is 42.6 Å². The van der Waals surface area contributed by atoms with Crippen LogP contribution in [0.4, 0.5) is 13.2 Å². The third-order valence-electron chi connectivity index (χ3n) is 3.64. The summed E-state index contributed by atoms with van der Waals surface area (Å²) in [6, 6.07) is 13.3. The van der Waals surface area contributed by atoms with E-state index in [0.717, 1.165) is 6.07 Å². The Morgan fingerprint density at radius 1 is 1.08 bits per heavy atom. The van der Waals surface area contributed by atoms with Crippen molar-refractivity contribution >= 4 is 11.6 Å². The number of rotatable bonds is 4. The zero-order valence-corrected chi connectivity index (χ0v) is 13.1. The molecular formula is C17H11ClF3N3. The van der Waals surface area contributed by atoms with Gasteiger partial charge in [0.15, 0.2) is 0 Å². The maximum Gasteiger partial charge on any atom is 0.417 e. The number of alkyl halides is 3. The first-order valence-electron chi connectivity index (χ1n) is 6.92. The molecule has 1 aromatic heterocycles. The Hall–Kier alpha value is -2.57. The average molecular weight is 350 g/mol. The Labute approximate surface area is 141 Å². The first kappa shape index (κ1) is 17.8. The molecule has 0 unspecified atom stereocenters. The second kappa shape index (κ2) is 6.90. The molecule has 0 saturated carbocycles. The van der Waals surface area contributed by atoms with Gasteiger partial charge in [0.1, 0.15) is 5.41 Å². The molecule has 2 aromatic rings. The molecule has 2 rings (SSSR count). The van der Waals surface area contributed by atoms with Crippen molar-refractivity contribution in [3.8, 4) is 12.1 Å². The molecule has 3 nitrogen and oxygen atoms in total. The predicted molar refractivity (Wildman–Crippen MR) is 81.9 cm³/mol. The lowest BCUT2D eigenvalue weighted by Crippen LogP contribution is -2.28. The van der Waals surface area contributed by atoms with Gasteiger partial charge in [-0.1, -0.05) is 41.9 Å². The summed E-state index contributed by atoms with van der Waals surface area (Å²) in [4.78, 5) is 3.83. The second-order valence-electron chi connectivity index (χ2n) is 5.09. The fourth-order valence-corrected chi connectivity index (χ4v) is 2.77. The van der Waals surface area contributed by atoms with Crippen LogP contribution in [0.2, 0.25) is 5.02 Å². The number of nitriles is 2. The molecule has 0 amide bonds. The van der Waals surface area contributed by atoms with Gasteiger partial charge in [0.05, 0.1) is 28.4 Å². The second-order valence-corrected chi connectivity index (χ2v) is 5.50. The van der Waals surface area contributed by atoms with E-state index < -0.39 is 17.2 Å². The molecule has 0 N–H and O–H groups in total. The SMILES string of the molecule is N#CCC[C@](C#N)(c1ccccc1)c1ncc(C(F)(F)F)cc1Cl. The molecule has 0 aliphatic carbocycles. The Morgan fingerprint density at radius 2 is 1.75 bits per heavy atom. The van der Waals surface area contributed by atoms with Crippen LogP contribution in [0.1, 0.15) is 29.7 Å². The summed E-state index contributed by atoms with van der Waals surface area (Å²) < 4.78 is 38.4. The van der Waals surface area contributed by atoms with Crippen molar-refractivity contribution in [2.45, 2.75) is 24.4 Å². The van der Waals surface area contributed by atoms with Crippen LogP contribution in [0, 0.1) is 22.7 Å². The molecule has 0 radical (unpaired) electrons. The molecule has 0 saturated heterocycles. The van der Waals surface area contributed by atoms with Gasteiger partial charge in [-0.15, -0.1) is 0 Å². The summed E-state index contributed by atoms with van der Waals surface area (Å²) in [6.45, 7) is 0. The molecule has 0 spiro atoms. The first-order chi connectivity index (χ1) is 11.3. The summed E-state index contributed by atoms with van der Waals surface area (Å²) in [5.41, 5.74) is -1.84. The van der Waals surface area contributed by atoms with E-state index in [2.05, 4.69) is 11.1 Å². The van der Waals surface area contributed by atoms with E-state index in [4.69, 9.17) is 16.9 Å². The summed E-state index contributed by atoms with van der Waals surface area (Å²) in [5.74, 6) is 0. The average Bonchev–Trinajstić information content (AvgIpc) is 2.57. The smallest absolute Gasteiger partial charge is 0.257 e. The van der Waals surface area contributed by atoms with Crippen LogP contribution in [-0.2, 0) is 11.6 Å². The van der Waals surface area contributed by atoms with Crippen molar-refractivity contribution in [1.82, 2.24) is 4.98 Å². The normalized spacial score (nSPS) is 13.6. The lowest BCUT2D eigenvalue weighted by atomic mass is 9.75. The van der Waals surface area contributed by atoms with Crippen molar-refractivity contribution in [2.75, 3.05) is 0 Å². The number of nitrogens with zero attached hydrogens (tertiary/aromatic N) is 3. The van der Waals surface area contributed by atoms with Gasteiger partial charge in [0.25, 0.3) is 0 Å². The number of benzene rings is 1. The Kier molecular flexibility index (Phi) is 5.11. The highest BCUT2D eigenvalue weighted by Gasteiger charge is 2.39. The van der Waals surface area contributed by atoms with Gasteiger partial charge in [-0.05, 0) is 18.1 Å². The first-order valence-corrected chi connectivity index (χ1v) is 7.30. The number of hydrogen-bond donors (Lipinski definition) is 0. The van der Waals surface area contributed by atoms with Crippen LogP contribution in [0.5, 0.6) is 0 Å². The number of halogens is 4. The van der Waals surface area contributed by atoms with E-state index in [1.165, 1.54) is 0 Å².